The van der Waals surface area contributed by atoms with E-state index >= 15 is 0 Å². The number of likely N-dealkylation sites (tertiary alicyclic amines) is 1. The Morgan fingerprint density at radius 2 is 1.92 bits per heavy atom. The first-order valence-electron chi connectivity index (χ1n) is 4.94. The highest BCUT2D eigenvalue weighted by molar-refractivity contribution is 4.88. The van der Waals surface area contributed by atoms with Gasteiger partial charge in [-0.1, -0.05) is 0 Å². The first-order valence-corrected chi connectivity index (χ1v) is 4.94. The van der Waals surface area contributed by atoms with Crippen LogP contribution in [0.5, 0.6) is 0 Å². The van der Waals surface area contributed by atoms with Crippen molar-refractivity contribution in [1.82, 2.24) is 9.80 Å². The summed E-state index contributed by atoms with van der Waals surface area (Å²) in [6.45, 7) is 8.15. The van der Waals surface area contributed by atoms with Gasteiger partial charge in [0, 0.05) is 24.7 Å². The molecule has 0 radical (unpaired) electrons. The van der Waals surface area contributed by atoms with Gasteiger partial charge in [0.1, 0.15) is 0 Å². The Hall–Kier alpha value is -0.0800. The van der Waals surface area contributed by atoms with E-state index in [2.05, 4.69) is 44.7 Å². The molecule has 1 fully saturated rings. The fraction of sp³-hybridized carbons (Fsp3) is 1.00. The van der Waals surface area contributed by atoms with Gasteiger partial charge < -0.3 is 4.90 Å². The van der Waals surface area contributed by atoms with E-state index in [1.54, 1.807) is 0 Å². The quantitative estimate of drug-likeness (QED) is 0.618. The Balaban J connectivity index is 2.50. The fourth-order valence-electron chi connectivity index (χ4n) is 2.12. The molecule has 0 aromatic rings. The second-order valence-corrected chi connectivity index (χ2v) is 4.49. The Bertz CT molecular complexity index is 143. The van der Waals surface area contributed by atoms with E-state index in [0.717, 1.165) is 12.1 Å². The smallest absolute Gasteiger partial charge is 0.0232 e. The molecule has 2 heteroatoms. The average Bonchev–Trinajstić information content (AvgIpc) is 2.30. The van der Waals surface area contributed by atoms with E-state index in [0.29, 0.717) is 6.04 Å². The summed E-state index contributed by atoms with van der Waals surface area (Å²) in [5, 5.41) is 0. The van der Waals surface area contributed by atoms with E-state index < -0.39 is 0 Å². The van der Waals surface area contributed by atoms with Gasteiger partial charge in [0.2, 0.25) is 0 Å². The first kappa shape index (κ1) is 10.0. The van der Waals surface area contributed by atoms with Crippen molar-refractivity contribution in [3.8, 4) is 0 Å². The predicted molar refractivity (Wildman–Crippen MR) is 53.4 cm³/mol. The lowest BCUT2D eigenvalue weighted by Crippen LogP contribution is -2.36. The molecule has 1 heterocycles. The molecule has 0 aliphatic carbocycles. The number of likely N-dealkylation sites (N-methyl/N-ethyl adjacent to an activating group) is 1. The Morgan fingerprint density at radius 3 is 2.17 bits per heavy atom. The fourth-order valence-corrected chi connectivity index (χ4v) is 2.12. The van der Waals surface area contributed by atoms with Crippen LogP contribution in [0.15, 0.2) is 0 Å². The summed E-state index contributed by atoms with van der Waals surface area (Å²) < 4.78 is 0. The van der Waals surface area contributed by atoms with Crippen molar-refractivity contribution in [1.29, 1.82) is 0 Å². The molecule has 0 bridgehead atoms. The van der Waals surface area contributed by atoms with E-state index in [-0.39, 0.29) is 0 Å². The van der Waals surface area contributed by atoms with Gasteiger partial charge in [0.25, 0.3) is 0 Å². The van der Waals surface area contributed by atoms with Crippen molar-refractivity contribution in [2.75, 3.05) is 20.6 Å². The molecule has 2 nitrogen and oxygen atoms in total. The van der Waals surface area contributed by atoms with Crippen LogP contribution in [0, 0.1) is 0 Å². The van der Waals surface area contributed by atoms with Crippen LogP contribution < -0.4 is 0 Å². The zero-order valence-corrected chi connectivity index (χ0v) is 9.04. The molecule has 2 unspecified atom stereocenters. The molecule has 0 aromatic heterocycles. The van der Waals surface area contributed by atoms with E-state index in [1.807, 2.05) is 0 Å². The summed E-state index contributed by atoms with van der Waals surface area (Å²) in [7, 11) is 4.36. The molecular weight excluding hydrogens is 148 g/mol. The van der Waals surface area contributed by atoms with Crippen molar-refractivity contribution in [3.05, 3.63) is 0 Å². The lowest BCUT2D eigenvalue weighted by molar-refractivity contribution is 0.203. The van der Waals surface area contributed by atoms with Crippen LogP contribution in [0.1, 0.15) is 27.2 Å². The topological polar surface area (TPSA) is 6.48 Å². The Morgan fingerprint density at radius 1 is 1.33 bits per heavy atom. The normalized spacial score (nSPS) is 32.2. The molecular formula is C10H22N2. The minimum absolute atomic E-state index is 0.699. The van der Waals surface area contributed by atoms with E-state index in [4.69, 9.17) is 0 Å². The van der Waals surface area contributed by atoms with Crippen LogP contribution in [0.4, 0.5) is 0 Å². The standard InChI is InChI=1S/C10H22N2/c1-8(2)12-7-10(11(4)5)6-9(12)3/h8-10H,6-7H2,1-5H3. The van der Waals surface area contributed by atoms with Gasteiger partial charge in [-0.05, 0) is 41.3 Å². The number of rotatable bonds is 2. The van der Waals surface area contributed by atoms with Gasteiger partial charge >= 0.3 is 0 Å². The van der Waals surface area contributed by atoms with Crippen LogP contribution in [0.3, 0.4) is 0 Å². The zero-order valence-electron chi connectivity index (χ0n) is 9.04. The Labute approximate surface area is 76.5 Å². The highest BCUT2D eigenvalue weighted by Gasteiger charge is 2.31. The Kier molecular flexibility index (Phi) is 3.13. The molecule has 72 valence electrons. The molecule has 1 saturated heterocycles. The van der Waals surface area contributed by atoms with E-state index in [1.165, 1.54) is 13.0 Å². The number of nitrogens with zero attached hydrogens (tertiary/aromatic N) is 2. The molecule has 1 aliphatic heterocycles. The molecule has 0 N–H and O–H groups in total. The summed E-state index contributed by atoms with van der Waals surface area (Å²) in [4.78, 5) is 4.93. The summed E-state index contributed by atoms with van der Waals surface area (Å²) in [6, 6.07) is 2.23. The van der Waals surface area contributed by atoms with Gasteiger partial charge in [-0.2, -0.15) is 0 Å². The summed E-state index contributed by atoms with van der Waals surface area (Å²) in [5.74, 6) is 0. The van der Waals surface area contributed by atoms with Crippen LogP contribution in [0.2, 0.25) is 0 Å². The molecule has 0 amide bonds. The third-order valence-corrected chi connectivity index (χ3v) is 2.99. The van der Waals surface area contributed by atoms with E-state index in [9.17, 15) is 0 Å². The number of hydrogen-bond donors (Lipinski definition) is 0. The second kappa shape index (κ2) is 3.75. The molecule has 0 spiro atoms. The van der Waals surface area contributed by atoms with Gasteiger partial charge in [-0.15, -0.1) is 0 Å². The number of hydrogen-bond acceptors (Lipinski definition) is 2. The molecule has 12 heavy (non-hydrogen) atoms. The van der Waals surface area contributed by atoms with Crippen LogP contribution in [-0.2, 0) is 0 Å². The van der Waals surface area contributed by atoms with Crippen LogP contribution in [0.25, 0.3) is 0 Å². The molecule has 1 rings (SSSR count). The summed E-state index contributed by atoms with van der Waals surface area (Å²) in [5.41, 5.74) is 0. The monoisotopic (exact) mass is 170 g/mol. The first-order chi connectivity index (χ1) is 5.52. The van der Waals surface area contributed by atoms with Crippen LogP contribution >= 0.6 is 0 Å². The van der Waals surface area contributed by atoms with Gasteiger partial charge in [-0.3, -0.25) is 4.90 Å². The highest BCUT2D eigenvalue weighted by Crippen LogP contribution is 2.22. The van der Waals surface area contributed by atoms with Gasteiger partial charge in [0.05, 0.1) is 0 Å². The van der Waals surface area contributed by atoms with Crippen molar-refractivity contribution >= 4 is 0 Å². The SMILES string of the molecule is CC(C)N1CC(N(C)C)CC1C. The maximum Gasteiger partial charge on any atom is 0.0232 e. The minimum atomic E-state index is 0.699. The molecule has 1 aliphatic rings. The molecule has 2 atom stereocenters. The third-order valence-electron chi connectivity index (χ3n) is 2.99. The summed E-state index contributed by atoms with van der Waals surface area (Å²) >= 11 is 0. The third kappa shape index (κ3) is 1.99. The van der Waals surface area contributed by atoms with Crippen molar-refractivity contribution < 1.29 is 0 Å². The van der Waals surface area contributed by atoms with Crippen molar-refractivity contribution in [3.63, 3.8) is 0 Å². The highest BCUT2D eigenvalue weighted by atomic mass is 15.3. The largest absolute Gasteiger partial charge is 0.305 e. The van der Waals surface area contributed by atoms with Gasteiger partial charge in [-0.25, -0.2) is 0 Å². The molecule has 0 aromatic carbocycles. The summed E-state index contributed by atoms with van der Waals surface area (Å²) in [6.07, 6.45) is 1.32. The zero-order chi connectivity index (χ0) is 9.30. The van der Waals surface area contributed by atoms with Crippen molar-refractivity contribution in [2.24, 2.45) is 0 Å². The lowest BCUT2D eigenvalue weighted by atomic mass is 10.2. The maximum absolute atomic E-state index is 2.59. The second-order valence-electron chi connectivity index (χ2n) is 4.49. The average molecular weight is 170 g/mol. The van der Waals surface area contributed by atoms with Crippen molar-refractivity contribution in [2.45, 2.75) is 45.3 Å². The van der Waals surface area contributed by atoms with Crippen LogP contribution in [-0.4, -0.2) is 48.6 Å². The lowest BCUT2D eigenvalue weighted by Gasteiger charge is -2.25. The predicted octanol–water partition coefficient (Wildman–Crippen LogP) is 1.42. The minimum Gasteiger partial charge on any atom is -0.305 e. The maximum atomic E-state index is 2.59. The van der Waals surface area contributed by atoms with Gasteiger partial charge in [0.15, 0.2) is 0 Å². The molecule has 0 saturated carbocycles.